The Bertz CT molecular complexity index is 985. The number of allylic oxidation sites excluding steroid dienone is 2. The van der Waals surface area contributed by atoms with Crippen LogP contribution in [0.4, 0.5) is 10.2 Å². The summed E-state index contributed by atoms with van der Waals surface area (Å²) in [6, 6.07) is 6.24. The number of rotatable bonds is 3. The Hall–Kier alpha value is -3.02. The number of carbonyl (C=O) groups is 2. The molecule has 1 aromatic heterocycles. The summed E-state index contributed by atoms with van der Waals surface area (Å²) >= 11 is 0. The molecule has 1 aliphatic heterocycles. The van der Waals surface area contributed by atoms with Gasteiger partial charge in [0.05, 0.1) is 17.5 Å². The fourth-order valence-electron chi connectivity index (χ4n) is 4.08. The number of anilines is 1. The van der Waals surface area contributed by atoms with Gasteiger partial charge in [-0.2, -0.15) is 5.10 Å². The Balaban J connectivity index is 1.65. The van der Waals surface area contributed by atoms with E-state index in [2.05, 4.69) is 5.10 Å². The van der Waals surface area contributed by atoms with Gasteiger partial charge in [-0.25, -0.2) is 9.29 Å². The predicted octanol–water partition coefficient (Wildman–Crippen LogP) is 3.34. The first kappa shape index (κ1) is 16.2. The van der Waals surface area contributed by atoms with E-state index in [-0.39, 0.29) is 23.5 Å². The minimum absolute atomic E-state index is 0.226. The minimum Gasteiger partial charge on any atom is -0.273 e. The van der Waals surface area contributed by atoms with Crippen LogP contribution in [0.5, 0.6) is 0 Å². The van der Waals surface area contributed by atoms with E-state index in [4.69, 9.17) is 0 Å². The Kier molecular flexibility index (Phi) is 3.44. The van der Waals surface area contributed by atoms with Gasteiger partial charge in [0.1, 0.15) is 5.82 Å². The lowest BCUT2D eigenvalue weighted by atomic mass is 9.91. The molecule has 0 bridgehead atoms. The van der Waals surface area contributed by atoms with Crippen LogP contribution in [0.15, 0.2) is 48.6 Å². The zero-order valence-electron chi connectivity index (χ0n) is 14.8. The molecule has 5 rings (SSSR count). The van der Waals surface area contributed by atoms with E-state index < -0.39 is 11.8 Å². The number of nitrogens with zero attached hydrogens (tertiary/aromatic N) is 3. The summed E-state index contributed by atoms with van der Waals surface area (Å²) in [6.07, 6.45) is 9.17. The molecule has 136 valence electrons. The number of halogens is 1. The van der Waals surface area contributed by atoms with Crippen LogP contribution in [0, 0.1) is 17.7 Å². The van der Waals surface area contributed by atoms with Crippen molar-refractivity contribution in [3.05, 3.63) is 60.0 Å². The highest BCUT2D eigenvalue weighted by Crippen LogP contribution is 2.50. The van der Waals surface area contributed by atoms with Crippen molar-refractivity contribution in [3.63, 3.8) is 0 Å². The molecule has 2 heterocycles. The van der Waals surface area contributed by atoms with Gasteiger partial charge in [0.15, 0.2) is 5.82 Å². The van der Waals surface area contributed by atoms with Gasteiger partial charge in [0.2, 0.25) is 11.8 Å². The average molecular weight is 363 g/mol. The molecule has 3 aliphatic rings. The van der Waals surface area contributed by atoms with Crippen molar-refractivity contribution >= 4 is 17.6 Å². The van der Waals surface area contributed by atoms with Gasteiger partial charge >= 0.3 is 0 Å². The van der Waals surface area contributed by atoms with Gasteiger partial charge < -0.3 is 0 Å². The Morgan fingerprint density at radius 3 is 2.15 bits per heavy atom. The molecule has 1 aromatic carbocycles. The maximum Gasteiger partial charge on any atom is 0.243 e. The molecular weight excluding hydrogens is 345 g/mol. The van der Waals surface area contributed by atoms with Crippen molar-refractivity contribution in [3.8, 4) is 11.3 Å². The number of aryl methyl sites for hydroxylation is 1. The van der Waals surface area contributed by atoms with E-state index in [1.54, 1.807) is 48.2 Å². The molecule has 27 heavy (non-hydrogen) atoms. The van der Waals surface area contributed by atoms with E-state index in [0.29, 0.717) is 5.82 Å². The first-order chi connectivity index (χ1) is 13.1. The predicted molar refractivity (Wildman–Crippen MR) is 98.3 cm³/mol. The smallest absolute Gasteiger partial charge is 0.243 e. The molecule has 6 heteroatoms. The first-order valence-electron chi connectivity index (χ1n) is 9.12. The van der Waals surface area contributed by atoms with Crippen molar-refractivity contribution in [1.82, 2.24) is 9.78 Å². The Morgan fingerprint density at radius 1 is 1.00 bits per heavy atom. The number of carbonyl (C=O) groups excluding carboxylic acids is 2. The highest BCUT2D eigenvalue weighted by atomic mass is 19.1. The monoisotopic (exact) mass is 363 g/mol. The molecule has 2 aliphatic carbocycles. The van der Waals surface area contributed by atoms with E-state index in [1.165, 1.54) is 17.0 Å². The van der Waals surface area contributed by atoms with Gasteiger partial charge in [-0.3, -0.25) is 14.3 Å². The Morgan fingerprint density at radius 2 is 1.59 bits per heavy atom. The zero-order valence-corrected chi connectivity index (χ0v) is 14.8. The second kappa shape index (κ2) is 5.74. The lowest BCUT2D eigenvalue weighted by Crippen LogP contribution is -2.32. The maximum atomic E-state index is 13.4. The van der Waals surface area contributed by atoms with Crippen LogP contribution in [-0.2, 0) is 16.6 Å². The van der Waals surface area contributed by atoms with Crippen LogP contribution in [0.3, 0.4) is 0 Å². The molecule has 5 nitrogen and oxygen atoms in total. The third-order valence-electron chi connectivity index (χ3n) is 5.53. The van der Waals surface area contributed by atoms with E-state index in [9.17, 15) is 14.0 Å². The standard InChI is InChI=1S/C21H18FN3O2/c1-24-18(13-8-10-14(22)11-9-13)17(12-6-7-12)19(23-24)25-20(26)15-4-2-3-5-16(15)21(25)27/h2-5,8-12,15-16H,6-7H2,1H3. The fraction of sp³-hybridized carbons (Fsp3) is 0.286. The van der Waals surface area contributed by atoms with Gasteiger partial charge in [0, 0.05) is 18.2 Å². The van der Waals surface area contributed by atoms with Gasteiger partial charge in [-0.15, -0.1) is 0 Å². The van der Waals surface area contributed by atoms with Crippen molar-refractivity contribution < 1.29 is 14.0 Å². The highest BCUT2D eigenvalue weighted by molar-refractivity contribution is 6.23. The molecule has 1 saturated heterocycles. The van der Waals surface area contributed by atoms with Crippen molar-refractivity contribution in [2.75, 3.05) is 4.90 Å². The third-order valence-corrected chi connectivity index (χ3v) is 5.53. The topological polar surface area (TPSA) is 55.2 Å². The summed E-state index contributed by atoms with van der Waals surface area (Å²) in [7, 11) is 1.80. The average Bonchev–Trinajstić information content (AvgIpc) is 3.41. The largest absolute Gasteiger partial charge is 0.273 e. The van der Waals surface area contributed by atoms with Crippen LogP contribution in [0.1, 0.15) is 24.3 Å². The minimum atomic E-state index is -0.453. The van der Waals surface area contributed by atoms with Crippen molar-refractivity contribution in [2.24, 2.45) is 18.9 Å². The SMILES string of the molecule is Cn1nc(N2C(=O)C3C=CC=CC3C2=O)c(C2CC2)c1-c1ccc(F)cc1. The second-order valence-corrected chi connectivity index (χ2v) is 7.32. The lowest BCUT2D eigenvalue weighted by Gasteiger charge is -2.14. The number of amides is 2. The molecule has 2 fully saturated rings. The lowest BCUT2D eigenvalue weighted by molar-refractivity contribution is -0.122. The molecule has 0 spiro atoms. The quantitative estimate of drug-likeness (QED) is 0.786. The normalized spacial score (nSPS) is 24.0. The van der Waals surface area contributed by atoms with Crippen LogP contribution >= 0.6 is 0 Å². The number of benzene rings is 1. The van der Waals surface area contributed by atoms with E-state index in [1.807, 2.05) is 0 Å². The van der Waals surface area contributed by atoms with Crippen LogP contribution in [0.25, 0.3) is 11.3 Å². The van der Waals surface area contributed by atoms with E-state index >= 15 is 0 Å². The van der Waals surface area contributed by atoms with E-state index in [0.717, 1.165) is 29.7 Å². The molecule has 0 radical (unpaired) electrons. The summed E-state index contributed by atoms with van der Waals surface area (Å²) in [5.74, 6) is -0.959. The molecular formula is C21H18FN3O2. The zero-order chi connectivity index (χ0) is 18.7. The number of aromatic nitrogens is 2. The van der Waals surface area contributed by atoms with Crippen molar-refractivity contribution in [2.45, 2.75) is 18.8 Å². The summed E-state index contributed by atoms with van der Waals surface area (Å²) in [4.78, 5) is 27.2. The number of fused-ring (bicyclic) bond motifs is 1. The number of hydrogen-bond acceptors (Lipinski definition) is 3. The molecule has 0 N–H and O–H groups in total. The molecule has 2 unspecified atom stereocenters. The maximum absolute atomic E-state index is 13.4. The number of imide groups is 1. The molecule has 1 saturated carbocycles. The van der Waals surface area contributed by atoms with Crippen LogP contribution in [-0.4, -0.2) is 21.6 Å². The third kappa shape index (κ3) is 2.40. The second-order valence-electron chi connectivity index (χ2n) is 7.32. The molecule has 2 amide bonds. The summed E-state index contributed by atoms with van der Waals surface area (Å²) < 4.78 is 15.1. The summed E-state index contributed by atoms with van der Waals surface area (Å²) in [5, 5.41) is 4.57. The highest BCUT2D eigenvalue weighted by Gasteiger charge is 2.49. The first-order valence-corrected chi connectivity index (χ1v) is 9.12. The Labute approximate surface area is 155 Å². The summed E-state index contributed by atoms with van der Waals surface area (Å²) in [5.41, 5.74) is 2.59. The van der Waals surface area contributed by atoms with Gasteiger partial charge in [-0.1, -0.05) is 24.3 Å². The molecule has 2 aromatic rings. The fourth-order valence-corrected chi connectivity index (χ4v) is 4.08. The van der Waals surface area contributed by atoms with Crippen LogP contribution in [0.2, 0.25) is 0 Å². The molecule has 2 atom stereocenters. The van der Waals surface area contributed by atoms with Gasteiger partial charge in [0.25, 0.3) is 0 Å². The number of hydrogen-bond donors (Lipinski definition) is 0. The van der Waals surface area contributed by atoms with Gasteiger partial charge in [-0.05, 0) is 43.0 Å². The summed E-state index contributed by atoms with van der Waals surface area (Å²) in [6.45, 7) is 0. The van der Waals surface area contributed by atoms with Crippen molar-refractivity contribution in [1.29, 1.82) is 0 Å². The van der Waals surface area contributed by atoms with Crippen LogP contribution < -0.4 is 4.90 Å².